The van der Waals surface area contributed by atoms with E-state index in [9.17, 15) is 13.2 Å². The number of methoxy groups -OCH3 is 1. The number of halogens is 2. The largest absolute Gasteiger partial charge is 0.496 e. The molecule has 0 aliphatic carbocycles. The topological polar surface area (TPSA) is 114 Å². The summed E-state index contributed by atoms with van der Waals surface area (Å²) in [5.41, 5.74) is 2.01. The number of carbonyl (C=O) groups excluding carboxylic acids is 1. The third-order valence-electron chi connectivity index (χ3n) is 7.04. The number of nitrogens with zero attached hydrogens (tertiary/aromatic N) is 2. The Morgan fingerprint density at radius 1 is 1.12 bits per heavy atom. The van der Waals surface area contributed by atoms with Gasteiger partial charge in [0.2, 0.25) is 5.91 Å². The van der Waals surface area contributed by atoms with Crippen molar-refractivity contribution in [1.82, 2.24) is 20.4 Å². The standard InChI is InChI=1S/C28H29Cl2N5O4S/c1-28(13-6-14-32-28)27(36)31-16-18-7-3-8-19(15-18)17-35-21-10-5-11-22(39-2)24(21)26(33-35)34-40(37,38)23-12-4-9-20(29)25(23)30/h3-5,7-12,15,32H,6,13-14,16-17H2,1-2H3,(H,31,36)(H,33,34)/t28-/m0/s1. The molecule has 210 valence electrons. The van der Waals surface area contributed by atoms with E-state index in [0.717, 1.165) is 30.5 Å². The average molecular weight is 603 g/mol. The molecule has 0 spiro atoms. The van der Waals surface area contributed by atoms with Crippen molar-refractivity contribution >= 4 is 55.9 Å². The molecule has 1 aliphatic heterocycles. The molecule has 1 aliphatic rings. The summed E-state index contributed by atoms with van der Waals surface area (Å²) in [5, 5.41) is 11.5. The van der Waals surface area contributed by atoms with Crippen LogP contribution in [-0.2, 0) is 27.9 Å². The van der Waals surface area contributed by atoms with Gasteiger partial charge in [-0.25, -0.2) is 8.42 Å². The number of hydrogen-bond acceptors (Lipinski definition) is 6. The molecule has 3 aromatic carbocycles. The van der Waals surface area contributed by atoms with Crippen molar-refractivity contribution < 1.29 is 17.9 Å². The Kier molecular flexibility index (Phi) is 7.96. The highest BCUT2D eigenvalue weighted by molar-refractivity contribution is 7.92. The van der Waals surface area contributed by atoms with Crippen LogP contribution in [0.3, 0.4) is 0 Å². The van der Waals surface area contributed by atoms with Gasteiger partial charge in [-0.05, 0) is 61.7 Å². The van der Waals surface area contributed by atoms with Crippen molar-refractivity contribution in [2.75, 3.05) is 18.4 Å². The number of fused-ring (bicyclic) bond motifs is 1. The lowest BCUT2D eigenvalue weighted by Crippen LogP contribution is -2.50. The van der Waals surface area contributed by atoms with E-state index in [1.165, 1.54) is 25.3 Å². The zero-order chi connectivity index (χ0) is 28.5. The lowest BCUT2D eigenvalue weighted by molar-refractivity contribution is -0.126. The second kappa shape index (κ2) is 11.3. The Hall–Kier alpha value is -3.31. The molecular formula is C28H29Cl2N5O4S. The Balaban J connectivity index is 1.43. The number of aromatic nitrogens is 2. The predicted octanol–water partition coefficient (Wildman–Crippen LogP) is 4.96. The van der Waals surface area contributed by atoms with Gasteiger partial charge < -0.3 is 15.4 Å². The molecule has 0 radical (unpaired) electrons. The number of anilines is 1. The van der Waals surface area contributed by atoms with Gasteiger partial charge in [0, 0.05) is 6.54 Å². The highest BCUT2D eigenvalue weighted by Gasteiger charge is 2.35. The van der Waals surface area contributed by atoms with Gasteiger partial charge in [-0.2, -0.15) is 5.10 Å². The molecule has 2 heterocycles. The predicted molar refractivity (Wildman–Crippen MR) is 157 cm³/mol. The van der Waals surface area contributed by atoms with Crippen molar-refractivity contribution in [2.45, 2.75) is 43.3 Å². The fourth-order valence-electron chi connectivity index (χ4n) is 4.91. The quantitative estimate of drug-likeness (QED) is 0.250. The van der Waals surface area contributed by atoms with E-state index in [1.54, 1.807) is 10.7 Å². The van der Waals surface area contributed by atoms with Crippen molar-refractivity contribution in [3.8, 4) is 5.75 Å². The van der Waals surface area contributed by atoms with E-state index in [0.29, 0.717) is 29.7 Å². The van der Waals surface area contributed by atoms with Crippen LogP contribution in [-0.4, -0.2) is 43.3 Å². The minimum Gasteiger partial charge on any atom is -0.496 e. The first-order valence-electron chi connectivity index (χ1n) is 12.7. The zero-order valence-electron chi connectivity index (χ0n) is 22.0. The van der Waals surface area contributed by atoms with E-state index in [4.69, 9.17) is 27.9 Å². The van der Waals surface area contributed by atoms with Crippen LogP contribution in [0.2, 0.25) is 10.0 Å². The maximum atomic E-state index is 13.3. The Bertz CT molecular complexity index is 1680. The molecule has 0 unspecified atom stereocenters. The average Bonchev–Trinajstić information content (AvgIpc) is 3.53. The van der Waals surface area contributed by atoms with E-state index in [1.807, 2.05) is 43.3 Å². The van der Waals surface area contributed by atoms with E-state index in [2.05, 4.69) is 20.5 Å². The summed E-state index contributed by atoms with van der Waals surface area (Å²) in [7, 11) is -2.61. The lowest BCUT2D eigenvalue weighted by Gasteiger charge is -2.23. The fourth-order valence-corrected chi connectivity index (χ4v) is 6.68. The van der Waals surface area contributed by atoms with Crippen LogP contribution in [0.1, 0.15) is 30.9 Å². The third kappa shape index (κ3) is 5.62. The maximum Gasteiger partial charge on any atom is 0.264 e. The van der Waals surface area contributed by atoms with Gasteiger partial charge in [0.05, 0.1) is 40.1 Å². The summed E-state index contributed by atoms with van der Waals surface area (Å²) in [4.78, 5) is 12.6. The lowest BCUT2D eigenvalue weighted by atomic mass is 9.99. The van der Waals surface area contributed by atoms with Gasteiger partial charge in [0.1, 0.15) is 10.6 Å². The van der Waals surface area contributed by atoms with E-state index < -0.39 is 15.6 Å². The first-order valence-corrected chi connectivity index (χ1v) is 15.0. The van der Waals surface area contributed by atoms with Crippen LogP contribution in [0, 0.1) is 0 Å². The molecule has 1 amide bonds. The summed E-state index contributed by atoms with van der Waals surface area (Å²) in [5.74, 6) is 0.547. The van der Waals surface area contributed by atoms with Crippen LogP contribution in [0.15, 0.2) is 65.6 Å². The first-order chi connectivity index (χ1) is 19.1. The minimum absolute atomic E-state index is 0.0164. The molecule has 1 fully saturated rings. The molecule has 40 heavy (non-hydrogen) atoms. The summed E-state index contributed by atoms with van der Waals surface area (Å²) in [6.45, 7) is 3.51. The summed E-state index contributed by atoms with van der Waals surface area (Å²) < 4.78 is 36.4. The normalized spacial score (nSPS) is 17.2. The van der Waals surface area contributed by atoms with Crippen LogP contribution < -0.4 is 20.1 Å². The monoisotopic (exact) mass is 601 g/mol. The number of amides is 1. The number of rotatable bonds is 9. The van der Waals surface area contributed by atoms with Gasteiger partial charge in [0.15, 0.2) is 5.82 Å². The summed E-state index contributed by atoms with van der Waals surface area (Å²) in [6.07, 6.45) is 1.79. The van der Waals surface area contributed by atoms with Crippen molar-refractivity contribution in [2.24, 2.45) is 0 Å². The smallest absolute Gasteiger partial charge is 0.264 e. The maximum absolute atomic E-state index is 13.3. The molecular weight excluding hydrogens is 573 g/mol. The second-order valence-electron chi connectivity index (χ2n) is 9.88. The number of nitrogens with one attached hydrogen (secondary N) is 3. The van der Waals surface area contributed by atoms with Gasteiger partial charge in [0.25, 0.3) is 10.0 Å². The van der Waals surface area contributed by atoms with Crippen LogP contribution in [0.25, 0.3) is 10.9 Å². The van der Waals surface area contributed by atoms with Gasteiger partial charge in [-0.1, -0.05) is 59.6 Å². The van der Waals surface area contributed by atoms with Crippen LogP contribution in [0.5, 0.6) is 5.75 Å². The van der Waals surface area contributed by atoms with Crippen molar-refractivity contribution in [1.29, 1.82) is 0 Å². The SMILES string of the molecule is COc1cccc2c1c(NS(=O)(=O)c1cccc(Cl)c1Cl)nn2Cc1cccc(CNC(=O)[C@]2(C)CCCN2)c1. The molecule has 0 bridgehead atoms. The molecule has 1 saturated heterocycles. The molecule has 9 nitrogen and oxygen atoms in total. The number of benzene rings is 3. The molecule has 0 saturated carbocycles. The summed E-state index contributed by atoms with van der Waals surface area (Å²) >= 11 is 12.3. The molecule has 12 heteroatoms. The highest BCUT2D eigenvalue weighted by Crippen LogP contribution is 2.35. The summed E-state index contributed by atoms with van der Waals surface area (Å²) in [6, 6.07) is 17.6. The van der Waals surface area contributed by atoms with Crippen LogP contribution >= 0.6 is 23.2 Å². The molecule has 5 rings (SSSR count). The highest BCUT2D eigenvalue weighted by atomic mass is 35.5. The second-order valence-corrected chi connectivity index (χ2v) is 12.3. The number of ether oxygens (including phenoxy) is 1. The van der Waals surface area contributed by atoms with Crippen molar-refractivity contribution in [3.05, 3.63) is 81.8 Å². The van der Waals surface area contributed by atoms with E-state index >= 15 is 0 Å². The Morgan fingerprint density at radius 3 is 2.62 bits per heavy atom. The first kappa shape index (κ1) is 28.2. The van der Waals surface area contributed by atoms with Gasteiger partial charge >= 0.3 is 0 Å². The molecule has 1 atom stereocenters. The van der Waals surface area contributed by atoms with Gasteiger partial charge in [-0.3, -0.25) is 14.2 Å². The number of carbonyl (C=O) groups is 1. The zero-order valence-corrected chi connectivity index (χ0v) is 24.3. The van der Waals surface area contributed by atoms with Gasteiger partial charge in [-0.15, -0.1) is 0 Å². The fraction of sp³-hybridized carbons (Fsp3) is 0.286. The minimum atomic E-state index is -4.12. The van der Waals surface area contributed by atoms with Crippen LogP contribution in [0.4, 0.5) is 5.82 Å². The molecule has 1 aromatic heterocycles. The van der Waals surface area contributed by atoms with Crippen molar-refractivity contribution in [3.63, 3.8) is 0 Å². The third-order valence-corrected chi connectivity index (χ3v) is 9.36. The Labute approximate surface area is 242 Å². The molecule has 3 N–H and O–H groups in total. The number of sulfonamides is 1. The number of hydrogen-bond donors (Lipinski definition) is 3. The Morgan fingerprint density at radius 2 is 1.88 bits per heavy atom. The molecule has 4 aromatic rings. The van der Waals surface area contributed by atoms with E-state index in [-0.39, 0.29) is 26.7 Å².